The SMILES string of the molecule is OC1(c2cccc3c2OCC3)CCSC1. The van der Waals surface area contributed by atoms with Gasteiger partial charge in [0, 0.05) is 17.7 Å². The molecular formula is C12H14O2S. The van der Waals surface area contributed by atoms with Gasteiger partial charge in [0.05, 0.1) is 6.61 Å². The fourth-order valence-electron chi connectivity index (χ4n) is 2.35. The van der Waals surface area contributed by atoms with E-state index in [9.17, 15) is 5.11 Å². The van der Waals surface area contributed by atoms with Crippen LogP contribution in [-0.4, -0.2) is 23.2 Å². The van der Waals surface area contributed by atoms with Crippen molar-refractivity contribution in [2.75, 3.05) is 18.1 Å². The molecule has 2 aliphatic heterocycles. The Bertz CT molecular complexity index is 383. The van der Waals surface area contributed by atoms with Gasteiger partial charge in [-0.15, -0.1) is 0 Å². The molecule has 80 valence electrons. The first-order chi connectivity index (χ1) is 7.30. The summed E-state index contributed by atoms with van der Waals surface area (Å²) >= 11 is 1.82. The molecule has 0 bridgehead atoms. The molecule has 3 rings (SSSR count). The summed E-state index contributed by atoms with van der Waals surface area (Å²) in [5, 5.41) is 10.5. The average Bonchev–Trinajstić information content (AvgIpc) is 2.85. The third-order valence-electron chi connectivity index (χ3n) is 3.22. The first kappa shape index (κ1) is 9.55. The third-order valence-corrected chi connectivity index (χ3v) is 4.39. The molecule has 1 unspecified atom stereocenters. The zero-order valence-corrected chi connectivity index (χ0v) is 9.35. The van der Waals surface area contributed by atoms with E-state index < -0.39 is 5.60 Å². The van der Waals surface area contributed by atoms with Crippen LogP contribution >= 0.6 is 11.8 Å². The van der Waals surface area contributed by atoms with Gasteiger partial charge >= 0.3 is 0 Å². The van der Waals surface area contributed by atoms with Crippen molar-refractivity contribution in [1.82, 2.24) is 0 Å². The highest BCUT2D eigenvalue weighted by Crippen LogP contribution is 2.43. The Morgan fingerprint density at radius 3 is 3.13 bits per heavy atom. The van der Waals surface area contributed by atoms with E-state index >= 15 is 0 Å². The zero-order chi connectivity index (χ0) is 10.3. The lowest BCUT2D eigenvalue weighted by atomic mass is 9.91. The molecule has 1 aromatic rings. The van der Waals surface area contributed by atoms with Crippen LogP contribution in [-0.2, 0) is 12.0 Å². The van der Waals surface area contributed by atoms with Crippen molar-refractivity contribution in [2.45, 2.75) is 18.4 Å². The number of rotatable bonds is 1. The predicted molar refractivity (Wildman–Crippen MR) is 61.5 cm³/mol. The molecule has 2 aliphatic rings. The van der Waals surface area contributed by atoms with E-state index in [-0.39, 0.29) is 0 Å². The molecule has 1 N–H and O–H groups in total. The van der Waals surface area contributed by atoms with E-state index in [4.69, 9.17) is 4.74 Å². The van der Waals surface area contributed by atoms with E-state index in [1.165, 1.54) is 5.56 Å². The largest absolute Gasteiger partial charge is 0.493 e. The molecule has 0 aromatic heterocycles. The van der Waals surface area contributed by atoms with Crippen molar-refractivity contribution >= 4 is 11.8 Å². The summed E-state index contributed by atoms with van der Waals surface area (Å²) in [4.78, 5) is 0. The molecule has 1 aromatic carbocycles. The molecule has 1 fully saturated rings. The van der Waals surface area contributed by atoms with Gasteiger partial charge in [-0.3, -0.25) is 0 Å². The molecule has 15 heavy (non-hydrogen) atoms. The second kappa shape index (κ2) is 3.42. The number of hydrogen-bond donors (Lipinski definition) is 1. The highest BCUT2D eigenvalue weighted by molar-refractivity contribution is 7.99. The summed E-state index contributed by atoms with van der Waals surface area (Å²) in [5.74, 6) is 2.79. The van der Waals surface area contributed by atoms with Crippen LogP contribution in [0.4, 0.5) is 0 Å². The van der Waals surface area contributed by atoms with Gasteiger partial charge in [-0.2, -0.15) is 11.8 Å². The second-order valence-corrected chi connectivity index (χ2v) is 5.33. The summed E-state index contributed by atoms with van der Waals surface area (Å²) < 4.78 is 5.64. The van der Waals surface area contributed by atoms with Gasteiger partial charge in [-0.1, -0.05) is 18.2 Å². The molecule has 2 nitrogen and oxygen atoms in total. The van der Waals surface area contributed by atoms with Gasteiger partial charge in [-0.05, 0) is 17.7 Å². The molecule has 1 atom stereocenters. The smallest absolute Gasteiger partial charge is 0.128 e. The Balaban J connectivity index is 2.08. The second-order valence-electron chi connectivity index (χ2n) is 4.23. The summed E-state index contributed by atoms with van der Waals surface area (Å²) in [6.45, 7) is 0.759. The summed E-state index contributed by atoms with van der Waals surface area (Å²) in [5.41, 5.74) is 1.60. The molecule has 3 heteroatoms. The Kier molecular flexibility index (Phi) is 2.18. The van der Waals surface area contributed by atoms with Gasteiger partial charge in [0.25, 0.3) is 0 Å². The monoisotopic (exact) mass is 222 g/mol. The molecular weight excluding hydrogens is 208 g/mol. The van der Waals surface area contributed by atoms with Gasteiger partial charge in [0.1, 0.15) is 11.4 Å². The van der Waals surface area contributed by atoms with Gasteiger partial charge in [0.2, 0.25) is 0 Å². The normalized spacial score (nSPS) is 28.9. The van der Waals surface area contributed by atoms with Crippen LogP contribution in [0.1, 0.15) is 17.5 Å². The lowest BCUT2D eigenvalue weighted by Gasteiger charge is -2.23. The van der Waals surface area contributed by atoms with Crippen molar-refractivity contribution in [1.29, 1.82) is 0 Å². The van der Waals surface area contributed by atoms with Crippen LogP contribution in [0.25, 0.3) is 0 Å². The van der Waals surface area contributed by atoms with Gasteiger partial charge in [-0.25, -0.2) is 0 Å². The van der Waals surface area contributed by atoms with Crippen molar-refractivity contribution < 1.29 is 9.84 Å². The number of aliphatic hydroxyl groups is 1. The van der Waals surface area contributed by atoms with Crippen LogP contribution in [0.3, 0.4) is 0 Å². The predicted octanol–water partition coefficient (Wildman–Crippen LogP) is 1.95. The van der Waals surface area contributed by atoms with Gasteiger partial charge < -0.3 is 9.84 Å². The number of ether oxygens (including phenoxy) is 1. The Hall–Kier alpha value is -0.670. The highest BCUT2D eigenvalue weighted by Gasteiger charge is 2.37. The minimum atomic E-state index is -0.652. The molecule has 0 amide bonds. The lowest BCUT2D eigenvalue weighted by molar-refractivity contribution is 0.0629. The summed E-state index contributed by atoms with van der Waals surface area (Å²) in [6.07, 6.45) is 1.82. The van der Waals surface area contributed by atoms with E-state index in [2.05, 4.69) is 6.07 Å². The van der Waals surface area contributed by atoms with Crippen LogP contribution in [0.5, 0.6) is 5.75 Å². The highest BCUT2D eigenvalue weighted by atomic mass is 32.2. The number of para-hydroxylation sites is 1. The number of hydrogen-bond acceptors (Lipinski definition) is 3. The fourth-order valence-corrected chi connectivity index (χ4v) is 3.61. The van der Waals surface area contributed by atoms with Crippen molar-refractivity contribution in [2.24, 2.45) is 0 Å². The van der Waals surface area contributed by atoms with E-state index in [1.54, 1.807) is 0 Å². The Morgan fingerprint density at radius 2 is 2.33 bits per heavy atom. The number of benzene rings is 1. The third kappa shape index (κ3) is 1.45. The number of thioether (sulfide) groups is 1. The maximum Gasteiger partial charge on any atom is 0.128 e. The molecule has 0 radical (unpaired) electrons. The number of fused-ring (bicyclic) bond motifs is 1. The van der Waals surface area contributed by atoms with Crippen molar-refractivity contribution in [3.05, 3.63) is 29.3 Å². The standard InChI is InChI=1S/C12H14O2S/c13-12(5-7-15-8-12)10-3-1-2-9-4-6-14-11(9)10/h1-3,13H,4-8H2. The Labute approximate surface area is 93.6 Å². The first-order valence-corrected chi connectivity index (χ1v) is 6.50. The van der Waals surface area contributed by atoms with Gasteiger partial charge in [0.15, 0.2) is 0 Å². The molecule has 0 aliphatic carbocycles. The van der Waals surface area contributed by atoms with Crippen molar-refractivity contribution in [3.8, 4) is 5.75 Å². The maximum atomic E-state index is 10.5. The quantitative estimate of drug-likeness (QED) is 0.787. The van der Waals surface area contributed by atoms with Crippen LogP contribution in [0, 0.1) is 0 Å². The van der Waals surface area contributed by atoms with E-state index in [0.717, 1.165) is 42.3 Å². The first-order valence-electron chi connectivity index (χ1n) is 5.35. The minimum absolute atomic E-state index is 0.652. The maximum absolute atomic E-state index is 10.5. The summed E-state index contributed by atoms with van der Waals surface area (Å²) in [7, 11) is 0. The van der Waals surface area contributed by atoms with Crippen LogP contribution in [0.2, 0.25) is 0 Å². The topological polar surface area (TPSA) is 29.5 Å². The molecule has 1 saturated heterocycles. The van der Waals surface area contributed by atoms with Crippen LogP contribution < -0.4 is 4.74 Å². The molecule has 0 spiro atoms. The summed E-state index contributed by atoms with van der Waals surface area (Å²) in [6, 6.07) is 6.14. The average molecular weight is 222 g/mol. The van der Waals surface area contributed by atoms with Crippen LogP contribution in [0.15, 0.2) is 18.2 Å². The Morgan fingerprint density at radius 1 is 1.40 bits per heavy atom. The molecule has 0 saturated carbocycles. The van der Waals surface area contributed by atoms with E-state index in [1.807, 2.05) is 23.9 Å². The minimum Gasteiger partial charge on any atom is -0.493 e. The van der Waals surface area contributed by atoms with Crippen molar-refractivity contribution in [3.63, 3.8) is 0 Å². The lowest BCUT2D eigenvalue weighted by Crippen LogP contribution is -2.25. The molecule has 2 heterocycles. The fraction of sp³-hybridized carbons (Fsp3) is 0.500. The van der Waals surface area contributed by atoms with E-state index in [0.29, 0.717) is 0 Å². The zero-order valence-electron chi connectivity index (χ0n) is 8.53.